The van der Waals surface area contributed by atoms with E-state index >= 15 is 0 Å². The van der Waals surface area contributed by atoms with Crippen LogP contribution in [-0.4, -0.2) is 28.2 Å². The van der Waals surface area contributed by atoms with Crippen molar-refractivity contribution >= 4 is 27.6 Å². The molecule has 0 fully saturated rings. The van der Waals surface area contributed by atoms with E-state index in [-0.39, 0.29) is 0 Å². The molecule has 156 valence electrons. The summed E-state index contributed by atoms with van der Waals surface area (Å²) < 4.78 is 5.69. The van der Waals surface area contributed by atoms with Crippen molar-refractivity contribution in [2.45, 2.75) is 19.3 Å². The number of nitrogens with zero attached hydrogens (tertiary/aromatic N) is 2. The van der Waals surface area contributed by atoms with Gasteiger partial charge in [-0.2, -0.15) is 0 Å². The minimum atomic E-state index is 0.537. The highest BCUT2D eigenvalue weighted by Crippen LogP contribution is 2.31. The third kappa shape index (κ3) is 3.90. The fraction of sp³-hybridized carbons (Fsp3) is 0.200. The van der Waals surface area contributed by atoms with Crippen molar-refractivity contribution in [3.8, 4) is 11.3 Å². The third-order valence-electron chi connectivity index (χ3n) is 5.68. The average Bonchev–Trinajstić information content (AvgIpc) is 3.41. The molecule has 3 heterocycles. The molecule has 0 spiro atoms. The number of benzene rings is 2. The number of fused-ring (bicyclic) bond motifs is 2. The summed E-state index contributed by atoms with van der Waals surface area (Å²) in [5.74, 6) is 0.717. The number of hydrogen-bond donors (Lipinski definition) is 3. The first-order chi connectivity index (χ1) is 15.3. The molecule has 0 saturated heterocycles. The standard InChI is InChI=1S/C25H25N5O/c26-11-9-22-24(18-7-8-19-15-27-13-10-17(19)14-18)30-31-25(22)28-12-3-4-20-16-29-23-6-2-1-5-21(20)23/h1-2,5-8,10,13-16,28-29H,3-4,9,11-12,26H2. The van der Waals surface area contributed by atoms with Gasteiger partial charge in [-0.1, -0.05) is 35.5 Å². The number of aromatic nitrogens is 3. The molecule has 2 aromatic carbocycles. The van der Waals surface area contributed by atoms with Crippen LogP contribution >= 0.6 is 0 Å². The normalized spacial score (nSPS) is 11.4. The minimum absolute atomic E-state index is 0.537. The fourth-order valence-electron chi connectivity index (χ4n) is 4.10. The largest absolute Gasteiger partial charge is 0.361 e. The van der Waals surface area contributed by atoms with E-state index in [1.54, 1.807) is 6.20 Å². The lowest BCUT2D eigenvalue weighted by atomic mass is 10.0. The zero-order chi connectivity index (χ0) is 21.0. The molecule has 0 amide bonds. The number of pyridine rings is 1. The molecule has 0 aliphatic heterocycles. The Morgan fingerprint density at radius 2 is 1.97 bits per heavy atom. The van der Waals surface area contributed by atoms with Crippen LogP contribution < -0.4 is 11.1 Å². The molecular weight excluding hydrogens is 386 g/mol. The topological polar surface area (TPSA) is 92.8 Å². The van der Waals surface area contributed by atoms with E-state index in [1.807, 2.05) is 12.3 Å². The summed E-state index contributed by atoms with van der Waals surface area (Å²) in [5, 5.41) is 11.3. The smallest absolute Gasteiger partial charge is 0.228 e. The molecule has 5 aromatic rings. The van der Waals surface area contributed by atoms with Gasteiger partial charge in [-0.25, -0.2) is 0 Å². The first-order valence-corrected chi connectivity index (χ1v) is 10.6. The van der Waals surface area contributed by atoms with Crippen molar-refractivity contribution in [2.24, 2.45) is 5.73 Å². The zero-order valence-electron chi connectivity index (χ0n) is 17.3. The highest BCUT2D eigenvalue weighted by Gasteiger charge is 2.17. The maximum atomic E-state index is 5.89. The average molecular weight is 412 g/mol. The molecule has 0 bridgehead atoms. The number of rotatable bonds is 8. The summed E-state index contributed by atoms with van der Waals surface area (Å²) in [6.07, 6.45) is 8.45. The van der Waals surface area contributed by atoms with Crippen molar-refractivity contribution < 1.29 is 4.52 Å². The summed E-state index contributed by atoms with van der Waals surface area (Å²) in [5.41, 5.74) is 11.3. The number of anilines is 1. The molecule has 0 unspecified atom stereocenters. The molecular formula is C25H25N5O. The Morgan fingerprint density at radius 1 is 1.03 bits per heavy atom. The second kappa shape index (κ2) is 8.62. The molecule has 0 saturated carbocycles. The van der Waals surface area contributed by atoms with Gasteiger partial charge in [-0.15, -0.1) is 0 Å². The van der Waals surface area contributed by atoms with Crippen molar-refractivity contribution in [1.82, 2.24) is 15.1 Å². The zero-order valence-corrected chi connectivity index (χ0v) is 17.3. The first-order valence-electron chi connectivity index (χ1n) is 10.6. The third-order valence-corrected chi connectivity index (χ3v) is 5.68. The molecule has 6 heteroatoms. The van der Waals surface area contributed by atoms with Crippen LogP contribution in [0.15, 0.2) is 71.6 Å². The van der Waals surface area contributed by atoms with Gasteiger partial charge in [0.15, 0.2) is 0 Å². The van der Waals surface area contributed by atoms with Crippen molar-refractivity contribution in [1.29, 1.82) is 0 Å². The summed E-state index contributed by atoms with van der Waals surface area (Å²) in [6, 6.07) is 16.6. The number of aromatic amines is 1. The predicted octanol–water partition coefficient (Wildman–Crippen LogP) is 4.92. The maximum absolute atomic E-state index is 5.89. The Bertz CT molecular complexity index is 1320. The van der Waals surface area contributed by atoms with E-state index in [2.05, 4.69) is 69.1 Å². The fourth-order valence-corrected chi connectivity index (χ4v) is 4.10. The number of aryl methyl sites for hydroxylation is 1. The van der Waals surface area contributed by atoms with Crippen LogP contribution in [0, 0.1) is 0 Å². The Labute approximate surface area is 180 Å². The molecule has 3 aromatic heterocycles. The number of nitrogens with one attached hydrogen (secondary N) is 2. The lowest BCUT2D eigenvalue weighted by molar-refractivity contribution is 0.433. The van der Waals surface area contributed by atoms with Crippen LogP contribution in [0.1, 0.15) is 17.5 Å². The minimum Gasteiger partial charge on any atom is -0.361 e. The highest BCUT2D eigenvalue weighted by atomic mass is 16.5. The van der Waals surface area contributed by atoms with Crippen molar-refractivity contribution in [3.63, 3.8) is 0 Å². The van der Waals surface area contributed by atoms with Gasteiger partial charge in [0.05, 0.1) is 0 Å². The SMILES string of the molecule is NCCc1c(-c2ccc3cnccc3c2)noc1NCCCc1c[nH]c2ccccc12. The van der Waals surface area contributed by atoms with Gasteiger partial charge in [0.25, 0.3) is 0 Å². The lowest BCUT2D eigenvalue weighted by Gasteiger charge is -2.06. The molecule has 0 aliphatic carbocycles. The maximum Gasteiger partial charge on any atom is 0.228 e. The number of hydrogen-bond acceptors (Lipinski definition) is 5. The van der Waals surface area contributed by atoms with E-state index in [0.29, 0.717) is 18.8 Å². The molecule has 6 nitrogen and oxygen atoms in total. The Morgan fingerprint density at radius 3 is 2.90 bits per heavy atom. The van der Waals surface area contributed by atoms with Crippen LogP contribution in [0.3, 0.4) is 0 Å². The van der Waals surface area contributed by atoms with E-state index in [4.69, 9.17) is 10.3 Å². The van der Waals surface area contributed by atoms with E-state index in [9.17, 15) is 0 Å². The van der Waals surface area contributed by atoms with E-state index < -0.39 is 0 Å². The summed E-state index contributed by atoms with van der Waals surface area (Å²) in [4.78, 5) is 7.52. The van der Waals surface area contributed by atoms with Crippen molar-refractivity contribution in [3.05, 3.63) is 78.2 Å². The second-order valence-corrected chi connectivity index (χ2v) is 7.70. The molecule has 0 atom stereocenters. The van der Waals surface area contributed by atoms with Crippen LogP contribution in [0.5, 0.6) is 0 Å². The number of nitrogens with two attached hydrogens (primary N) is 1. The molecule has 31 heavy (non-hydrogen) atoms. The molecule has 5 rings (SSSR count). The summed E-state index contributed by atoms with van der Waals surface area (Å²) in [7, 11) is 0. The quantitative estimate of drug-likeness (QED) is 0.315. The van der Waals surface area contributed by atoms with Gasteiger partial charge in [0, 0.05) is 52.6 Å². The monoisotopic (exact) mass is 411 g/mol. The highest BCUT2D eigenvalue weighted by molar-refractivity contribution is 5.87. The van der Waals surface area contributed by atoms with Gasteiger partial charge in [-0.05, 0) is 55.0 Å². The van der Waals surface area contributed by atoms with Gasteiger partial charge >= 0.3 is 0 Å². The summed E-state index contributed by atoms with van der Waals surface area (Å²) in [6.45, 7) is 1.34. The Kier molecular flexibility index (Phi) is 5.37. The van der Waals surface area contributed by atoms with Crippen LogP contribution in [0.25, 0.3) is 32.9 Å². The second-order valence-electron chi connectivity index (χ2n) is 7.70. The predicted molar refractivity (Wildman–Crippen MR) is 125 cm³/mol. The molecule has 0 radical (unpaired) electrons. The van der Waals surface area contributed by atoms with Gasteiger partial charge in [-0.3, -0.25) is 4.98 Å². The molecule has 4 N–H and O–H groups in total. The van der Waals surface area contributed by atoms with Gasteiger partial charge in [0.2, 0.25) is 5.88 Å². The summed E-state index contributed by atoms with van der Waals surface area (Å²) >= 11 is 0. The first kappa shape index (κ1) is 19.3. The lowest BCUT2D eigenvalue weighted by Crippen LogP contribution is -2.08. The molecule has 0 aliphatic rings. The van der Waals surface area contributed by atoms with E-state index in [0.717, 1.165) is 47.0 Å². The van der Waals surface area contributed by atoms with Gasteiger partial charge in [0.1, 0.15) is 5.69 Å². The Balaban J connectivity index is 1.30. The number of H-pyrrole nitrogens is 1. The van der Waals surface area contributed by atoms with E-state index in [1.165, 1.54) is 16.5 Å². The Hall–Kier alpha value is -3.64. The van der Waals surface area contributed by atoms with Gasteiger partial charge < -0.3 is 20.6 Å². The van der Waals surface area contributed by atoms with Crippen molar-refractivity contribution in [2.75, 3.05) is 18.4 Å². The van der Waals surface area contributed by atoms with Crippen LogP contribution in [0.4, 0.5) is 5.88 Å². The van der Waals surface area contributed by atoms with Crippen LogP contribution in [-0.2, 0) is 12.8 Å². The van der Waals surface area contributed by atoms with Crippen LogP contribution in [0.2, 0.25) is 0 Å². The number of para-hydroxylation sites is 1.